The van der Waals surface area contributed by atoms with E-state index < -0.39 is 6.09 Å². The molecule has 0 spiro atoms. The first-order chi connectivity index (χ1) is 8.08. The molecular formula is C10H10N4O3. The molecule has 0 saturated carbocycles. The zero-order valence-corrected chi connectivity index (χ0v) is 8.97. The number of hydrogen-bond acceptors (Lipinski definition) is 5. The number of amides is 1. The van der Waals surface area contributed by atoms with Crippen molar-refractivity contribution in [1.82, 2.24) is 10.1 Å². The number of anilines is 2. The molecule has 0 radical (unpaired) electrons. The van der Waals surface area contributed by atoms with Gasteiger partial charge in [-0.1, -0.05) is 5.16 Å². The minimum atomic E-state index is -1.19. The zero-order valence-electron chi connectivity index (χ0n) is 8.97. The maximum absolute atomic E-state index is 10.6. The molecule has 2 aromatic rings. The van der Waals surface area contributed by atoms with Crippen LogP contribution in [0, 0.1) is 6.92 Å². The highest BCUT2D eigenvalue weighted by Crippen LogP contribution is 2.29. The van der Waals surface area contributed by atoms with Gasteiger partial charge >= 0.3 is 6.09 Å². The Kier molecular flexibility index (Phi) is 2.65. The second kappa shape index (κ2) is 4.12. The molecule has 0 fully saturated rings. The van der Waals surface area contributed by atoms with Crippen molar-refractivity contribution in [2.45, 2.75) is 6.92 Å². The van der Waals surface area contributed by atoms with E-state index in [1.165, 1.54) is 6.20 Å². The maximum atomic E-state index is 10.6. The molecule has 2 heterocycles. The fraction of sp³-hybridized carbons (Fsp3) is 0.100. The third-order valence-electron chi connectivity index (χ3n) is 2.11. The van der Waals surface area contributed by atoms with Crippen LogP contribution in [0.15, 0.2) is 22.9 Å². The second-order valence-electron chi connectivity index (χ2n) is 3.38. The molecule has 0 atom stereocenters. The van der Waals surface area contributed by atoms with Crippen molar-refractivity contribution in [3.05, 3.63) is 24.0 Å². The molecule has 7 nitrogen and oxygen atoms in total. The third kappa shape index (κ3) is 2.17. The van der Waals surface area contributed by atoms with Gasteiger partial charge < -0.3 is 15.4 Å². The lowest BCUT2D eigenvalue weighted by Crippen LogP contribution is -2.08. The van der Waals surface area contributed by atoms with E-state index >= 15 is 0 Å². The van der Waals surface area contributed by atoms with Crippen LogP contribution < -0.4 is 11.1 Å². The van der Waals surface area contributed by atoms with Crippen molar-refractivity contribution in [2.75, 3.05) is 11.1 Å². The Morgan fingerprint density at radius 1 is 1.53 bits per heavy atom. The van der Waals surface area contributed by atoms with E-state index in [2.05, 4.69) is 15.5 Å². The minimum absolute atomic E-state index is 0.268. The first kappa shape index (κ1) is 10.9. The number of pyridine rings is 1. The van der Waals surface area contributed by atoms with Gasteiger partial charge in [-0.05, 0) is 19.1 Å². The molecule has 88 valence electrons. The molecule has 0 aromatic carbocycles. The van der Waals surface area contributed by atoms with Crippen molar-refractivity contribution < 1.29 is 14.4 Å². The van der Waals surface area contributed by atoms with Gasteiger partial charge in [-0.15, -0.1) is 0 Å². The van der Waals surface area contributed by atoms with Gasteiger partial charge in [0.25, 0.3) is 0 Å². The van der Waals surface area contributed by atoms with Crippen molar-refractivity contribution in [2.24, 2.45) is 0 Å². The van der Waals surface area contributed by atoms with Crippen LogP contribution in [-0.2, 0) is 0 Å². The standard InChI is InChI=1S/C10H10N4O3/c1-5-8(13-10(15)16)9(17-14-5)7-3-2-6(11)4-12-7/h2-4,13H,11H2,1H3,(H,15,16). The summed E-state index contributed by atoms with van der Waals surface area (Å²) in [6.07, 6.45) is 0.269. The van der Waals surface area contributed by atoms with Gasteiger partial charge in [-0.2, -0.15) is 0 Å². The summed E-state index contributed by atoms with van der Waals surface area (Å²) in [4.78, 5) is 14.7. The van der Waals surface area contributed by atoms with Crippen LogP contribution in [0.2, 0.25) is 0 Å². The van der Waals surface area contributed by atoms with Crippen LogP contribution in [0.25, 0.3) is 11.5 Å². The number of carboxylic acid groups (broad SMARTS) is 1. The van der Waals surface area contributed by atoms with E-state index in [1.807, 2.05) is 0 Å². The molecule has 1 amide bonds. The molecule has 7 heteroatoms. The molecule has 0 aliphatic carbocycles. The summed E-state index contributed by atoms with van der Waals surface area (Å²) in [7, 11) is 0. The first-order valence-electron chi connectivity index (χ1n) is 4.76. The van der Waals surface area contributed by atoms with Crippen molar-refractivity contribution >= 4 is 17.5 Å². The van der Waals surface area contributed by atoms with Gasteiger partial charge in [0.2, 0.25) is 5.76 Å². The minimum Gasteiger partial charge on any atom is -0.465 e. The largest absolute Gasteiger partial charge is 0.465 e. The molecule has 4 N–H and O–H groups in total. The maximum Gasteiger partial charge on any atom is 0.409 e. The smallest absolute Gasteiger partial charge is 0.409 e. The average Bonchev–Trinajstić information content (AvgIpc) is 2.61. The van der Waals surface area contributed by atoms with Gasteiger partial charge in [0, 0.05) is 0 Å². The molecule has 2 aromatic heterocycles. The van der Waals surface area contributed by atoms with Gasteiger partial charge in [-0.3, -0.25) is 10.3 Å². The lowest BCUT2D eigenvalue weighted by molar-refractivity contribution is 0.209. The molecule has 0 aliphatic heterocycles. The second-order valence-corrected chi connectivity index (χ2v) is 3.38. The van der Waals surface area contributed by atoms with E-state index in [4.69, 9.17) is 15.4 Å². The highest BCUT2D eigenvalue weighted by molar-refractivity contribution is 5.88. The lowest BCUT2D eigenvalue weighted by atomic mass is 10.2. The Bertz CT molecular complexity index is 547. The number of hydrogen-bond donors (Lipinski definition) is 3. The number of aryl methyl sites for hydroxylation is 1. The topological polar surface area (TPSA) is 114 Å². The molecular weight excluding hydrogens is 224 g/mol. The highest BCUT2D eigenvalue weighted by atomic mass is 16.5. The van der Waals surface area contributed by atoms with Crippen LogP contribution in [-0.4, -0.2) is 21.3 Å². The van der Waals surface area contributed by atoms with Crippen LogP contribution in [0.5, 0.6) is 0 Å². The quantitative estimate of drug-likeness (QED) is 0.728. The summed E-state index contributed by atoms with van der Waals surface area (Å²) in [6, 6.07) is 3.27. The summed E-state index contributed by atoms with van der Waals surface area (Å²) >= 11 is 0. The molecule has 0 unspecified atom stereocenters. The summed E-state index contributed by atoms with van der Waals surface area (Å²) < 4.78 is 5.04. The van der Waals surface area contributed by atoms with E-state index in [0.717, 1.165) is 0 Å². The van der Waals surface area contributed by atoms with Crippen molar-refractivity contribution in [3.8, 4) is 11.5 Å². The number of rotatable bonds is 2. The van der Waals surface area contributed by atoms with E-state index in [9.17, 15) is 4.79 Å². The Morgan fingerprint density at radius 2 is 2.29 bits per heavy atom. The summed E-state index contributed by atoms with van der Waals surface area (Å²) in [5.41, 5.74) is 7.22. The molecule has 17 heavy (non-hydrogen) atoms. The van der Waals surface area contributed by atoms with E-state index in [0.29, 0.717) is 17.1 Å². The summed E-state index contributed by atoms with van der Waals surface area (Å²) in [5.74, 6) is 0.268. The molecule has 0 aliphatic rings. The Labute approximate surface area is 96.2 Å². The Morgan fingerprint density at radius 3 is 2.88 bits per heavy atom. The van der Waals surface area contributed by atoms with Gasteiger partial charge in [0.05, 0.1) is 11.9 Å². The predicted molar refractivity (Wildman–Crippen MR) is 60.5 cm³/mol. The third-order valence-corrected chi connectivity index (χ3v) is 2.11. The summed E-state index contributed by atoms with van der Waals surface area (Å²) in [6.45, 7) is 1.63. The molecule has 0 saturated heterocycles. The van der Waals surface area contributed by atoms with Gasteiger partial charge in [-0.25, -0.2) is 4.79 Å². The number of nitrogens with one attached hydrogen (secondary N) is 1. The van der Waals surface area contributed by atoms with Crippen LogP contribution in [0.3, 0.4) is 0 Å². The number of nitrogens with two attached hydrogens (primary N) is 1. The number of carbonyl (C=O) groups is 1. The first-order valence-corrected chi connectivity index (χ1v) is 4.76. The number of aromatic nitrogens is 2. The fourth-order valence-electron chi connectivity index (χ4n) is 1.34. The van der Waals surface area contributed by atoms with E-state index in [-0.39, 0.29) is 11.4 Å². The fourth-order valence-corrected chi connectivity index (χ4v) is 1.34. The molecule has 2 rings (SSSR count). The molecule has 0 bridgehead atoms. The van der Waals surface area contributed by atoms with Gasteiger partial charge in [0.1, 0.15) is 17.1 Å². The van der Waals surface area contributed by atoms with Crippen LogP contribution >= 0.6 is 0 Å². The van der Waals surface area contributed by atoms with Crippen LogP contribution in [0.4, 0.5) is 16.2 Å². The Balaban J connectivity index is 2.45. The SMILES string of the molecule is Cc1noc(-c2ccc(N)cn2)c1NC(=O)O. The zero-order chi connectivity index (χ0) is 12.4. The average molecular weight is 234 g/mol. The van der Waals surface area contributed by atoms with Gasteiger partial charge in [0.15, 0.2) is 0 Å². The lowest BCUT2D eigenvalue weighted by Gasteiger charge is -2.01. The number of nitrogens with zero attached hydrogens (tertiary/aromatic N) is 2. The van der Waals surface area contributed by atoms with Crippen molar-refractivity contribution in [1.29, 1.82) is 0 Å². The highest BCUT2D eigenvalue weighted by Gasteiger charge is 2.17. The number of nitrogen functional groups attached to an aromatic ring is 1. The van der Waals surface area contributed by atoms with Crippen LogP contribution in [0.1, 0.15) is 5.69 Å². The Hall–Kier alpha value is -2.57. The summed E-state index contributed by atoms with van der Waals surface area (Å²) in [5, 5.41) is 14.6. The van der Waals surface area contributed by atoms with E-state index in [1.54, 1.807) is 19.1 Å². The monoisotopic (exact) mass is 234 g/mol. The predicted octanol–water partition coefficient (Wildman–Crippen LogP) is 1.72. The van der Waals surface area contributed by atoms with Crippen molar-refractivity contribution in [3.63, 3.8) is 0 Å². The normalized spacial score (nSPS) is 10.2.